The van der Waals surface area contributed by atoms with Gasteiger partial charge in [0.15, 0.2) is 0 Å². The molecular weight excluding hydrogens is 262 g/mol. The molecule has 1 rings (SSSR count). The number of rotatable bonds is 8. The Balaban J connectivity index is 2.82. The third kappa shape index (κ3) is 5.68. The maximum atomic E-state index is 9.40. The van der Waals surface area contributed by atoms with Gasteiger partial charge in [-0.25, -0.2) is 0 Å². The van der Waals surface area contributed by atoms with E-state index in [0.29, 0.717) is 6.61 Å². The summed E-state index contributed by atoms with van der Waals surface area (Å²) in [6.07, 6.45) is 2.08. The largest absolute Gasteiger partial charge is 0.492 e. The zero-order chi connectivity index (χ0) is 15.9. The molecule has 0 aliphatic rings. The number of nitrogens with one attached hydrogen (secondary N) is 1. The molecule has 0 aliphatic carbocycles. The van der Waals surface area contributed by atoms with Crippen LogP contribution in [0.15, 0.2) is 18.2 Å². The summed E-state index contributed by atoms with van der Waals surface area (Å²) in [5.41, 5.74) is 2.61. The Kier molecular flexibility index (Phi) is 7.20. The maximum absolute atomic E-state index is 9.40. The molecule has 120 valence electrons. The van der Waals surface area contributed by atoms with E-state index >= 15 is 0 Å². The SMILES string of the molecule is CCCNC(CO)COc1ccc(CC)cc1C(C)(C)C. The molecule has 0 heterocycles. The standard InChI is InChI=1S/C18H31NO2/c1-6-10-19-15(12-20)13-21-17-9-8-14(7-2)11-16(17)18(3,4)5/h8-9,11,15,19-20H,6-7,10,12-13H2,1-5H3. The highest BCUT2D eigenvalue weighted by Gasteiger charge is 2.20. The van der Waals surface area contributed by atoms with Gasteiger partial charge in [-0.2, -0.15) is 0 Å². The van der Waals surface area contributed by atoms with Crippen LogP contribution in [0, 0.1) is 0 Å². The molecule has 1 aromatic rings. The first-order chi connectivity index (χ1) is 9.92. The van der Waals surface area contributed by atoms with Crippen LogP contribution in [-0.4, -0.2) is 30.9 Å². The van der Waals surface area contributed by atoms with Crippen LogP contribution in [0.1, 0.15) is 52.2 Å². The molecule has 1 aromatic carbocycles. The van der Waals surface area contributed by atoms with E-state index in [1.165, 1.54) is 11.1 Å². The lowest BCUT2D eigenvalue weighted by Crippen LogP contribution is -2.38. The number of aryl methyl sites for hydroxylation is 1. The normalized spacial score (nSPS) is 13.2. The second-order valence-corrected chi connectivity index (χ2v) is 6.58. The number of ether oxygens (including phenoxy) is 1. The van der Waals surface area contributed by atoms with Gasteiger partial charge in [-0.3, -0.25) is 0 Å². The topological polar surface area (TPSA) is 41.5 Å². The molecule has 0 spiro atoms. The minimum atomic E-state index is -0.0105. The van der Waals surface area contributed by atoms with Gasteiger partial charge in [-0.05, 0) is 42.0 Å². The van der Waals surface area contributed by atoms with Crippen molar-refractivity contribution in [2.45, 2.75) is 58.9 Å². The molecular formula is C18H31NO2. The van der Waals surface area contributed by atoms with Crippen molar-refractivity contribution in [1.82, 2.24) is 5.32 Å². The predicted molar refractivity (Wildman–Crippen MR) is 89.2 cm³/mol. The second-order valence-electron chi connectivity index (χ2n) is 6.58. The van der Waals surface area contributed by atoms with Crippen LogP contribution in [0.2, 0.25) is 0 Å². The Morgan fingerprint density at radius 3 is 2.48 bits per heavy atom. The summed E-state index contributed by atoms with van der Waals surface area (Å²) in [4.78, 5) is 0. The molecule has 21 heavy (non-hydrogen) atoms. The van der Waals surface area contributed by atoms with E-state index in [4.69, 9.17) is 4.74 Å². The molecule has 0 bridgehead atoms. The fourth-order valence-electron chi connectivity index (χ4n) is 2.22. The third-order valence-corrected chi connectivity index (χ3v) is 3.60. The zero-order valence-electron chi connectivity index (χ0n) is 14.2. The van der Waals surface area contributed by atoms with Gasteiger partial charge in [0, 0.05) is 0 Å². The molecule has 0 saturated carbocycles. The van der Waals surface area contributed by atoms with Crippen molar-refractivity contribution in [1.29, 1.82) is 0 Å². The lowest BCUT2D eigenvalue weighted by atomic mass is 9.85. The van der Waals surface area contributed by atoms with Gasteiger partial charge in [0.1, 0.15) is 12.4 Å². The highest BCUT2D eigenvalue weighted by Crippen LogP contribution is 2.32. The van der Waals surface area contributed by atoms with Crippen LogP contribution in [0.25, 0.3) is 0 Å². The fraction of sp³-hybridized carbons (Fsp3) is 0.667. The van der Waals surface area contributed by atoms with Crippen molar-refractivity contribution in [2.24, 2.45) is 0 Å². The van der Waals surface area contributed by atoms with Crippen LogP contribution < -0.4 is 10.1 Å². The van der Waals surface area contributed by atoms with Crippen LogP contribution >= 0.6 is 0 Å². The van der Waals surface area contributed by atoms with E-state index in [1.807, 2.05) is 0 Å². The van der Waals surface area contributed by atoms with E-state index in [2.05, 4.69) is 58.1 Å². The smallest absolute Gasteiger partial charge is 0.123 e. The van der Waals surface area contributed by atoms with E-state index in [1.54, 1.807) is 0 Å². The summed E-state index contributed by atoms with van der Waals surface area (Å²) >= 11 is 0. The Labute approximate surface area is 129 Å². The fourth-order valence-corrected chi connectivity index (χ4v) is 2.22. The second kappa shape index (κ2) is 8.40. The average Bonchev–Trinajstić information content (AvgIpc) is 2.46. The Morgan fingerprint density at radius 2 is 1.95 bits per heavy atom. The first-order valence-corrected chi connectivity index (χ1v) is 8.02. The summed E-state index contributed by atoms with van der Waals surface area (Å²) < 4.78 is 5.99. The van der Waals surface area contributed by atoms with Crippen LogP contribution in [0.5, 0.6) is 5.75 Å². The summed E-state index contributed by atoms with van der Waals surface area (Å²) in [6, 6.07) is 6.41. The Bertz CT molecular complexity index is 424. The molecule has 0 saturated heterocycles. The van der Waals surface area contributed by atoms with Gasteiger partial charge in [-0.1, -0.05) is 46.8 Å². The molecule has 0 amide bonds. The van der Waals surface area contributed by atoms with Crippen molar-refractivity contribution >= 4 is 0 Å². The average molecular weight is 293 g/mol. The molecule has 0 aliphatic heterocycles. The lowest BCUT2D eigenvalue weighted by Gasteiger charge is -2.25. The van der Waals surface area contributed by atoms with Gasteiger partial charge in [0.2, 0.25) is 0 Å². The van der Waals surface area contributed by atoms with Gasteiger partial charge < -0.3 is 15.2 Å². The van der Waals surface area contributed by atoms with Gasteiger partial charge >= 0.3 is 0 Å². The quantitative estimate of drug-likeness (QED) is 0.773. The number of aliphatic hydroxyl groups is 1. The molecule has 2 N–H and O–H groups in total. The van der Waals surface area contributed by atoms with E-state index in [-0.39, 0.29) is 18.1 Å². The van der Waals surface area contributed by atoms with Crippen LogP contribution in [-0.2, 0) is 11.8 Å². The van der Waals surface area contributed by atoms with Crippen LogP contribution in [0.3, 0.4) is 0 Å². The molecule has 1 atom stereocenters. The van der Waals surface area contributed by atoms with Crippen molar-refractivity contribution in [3.63, 3.8) is 0 Å². The minimum absolute atomic E-state index is 0.0105. The molecule has 0 fully saturated rings. The van der Waals surface area contributed by atoms with Crippen molar-refractivity contribution in [3.8, 4) is 5.75 Å². The molecule has 3 heteroatoms. The molecule has 1 unspecified atom stereocenters. The lowest BCUT2D eigenvalue weighted by molar-refractivity contribution is 0.181. The minimum Gasteiger partial charge on any atom is -0.492 e. The highest BCUT2D eigenvalue weighted by atomic mass is 16.5. The predicted octanol–water partition coefficient (Wildman–Crippen LogP) is 3.29. The third-order valence-electron chi connectivity index (χ3n) is 3.60. The number of aliphatic hydroxyl groups excluding tert-OH is 1. The monoisotopic (exact) mass is 293 g/mol. The van der Waals surface area contributed by atoms with E-state index in [0.717, 1.165) is 25.1 Å². The van der Waals surface area contributed by atoms with Gasteiger partial charge in [0.25, 0.3) is 0 Å². The van der Waals surface area contributed by atoms with Gasteiger partial charge in [0.05, 0.1) is 12.6 Å². The van der Waals surface area contributed by atoms with Gasteiger partial charge in [-0.15, -0.1) is 0 Å². The zero-order valence-corrected chi connectivity index (χ0v) is 14.2. The summed E-state index contributed by atoms with van der Waals surface area (Å²) in [6.45, 7) is 12.4. The molecule has 0 aromatic heterocycles. The molecule has 0 radical (unpaired) electrons. The van der Waals surface area contributed by atoms with E-state index in [9.17, 15) is 5.11 Å². The van der Waals surface area contributed by atoms with E-state index < -0.39 is 0 Å². The summed E-state index contributed by atoms with van der Waals surface area (Å²) in [5, 5.41) is 12.7. The number of benzene rings is 1. The number of hydrogen-bond donors (Lipinski definition) is 2. The van der Waals surface area contributed by atoms with Crippen LogP contribution in [0.4, 0.5) is 0 Å². The first kappa shape index (κ1) is 18.0. The van der Waals surface area contributed by atoms with Crippen molar-refractivity contribution in [2.75, 3.05) is 19.8 Å². The Hall–Kier alpha value is -1.06. The summed E-state index contributed by atoms with van der Waals surface area (Å²) in [7, 11) is 0. The van der Waals surface area contributed by atoms with Crippen molar-refractivity contribution in [3.05, 3.63) is 29.3 Å². The van der Waals surface area contributed by atoms with Crippen molar-refractivity contribution < 1.29 is 9.84 Å². The first-order valence-electron chi connectivity index (χ1n) is 8.02. The Morgan fingerprint density at radius 1 is 1.24 bits per heavy atom. The summed E-state index contributed by atoms with van der Waals surface area (Å²) in [5.74, 6) is 0.927. The number of hydrogen-bond acceptors (Lipinski definition) is 3. The molecule has 3 nitrogen and oxygen atoms in total. The highest BCUT2D eigenvalue weighted by molar-refractivity contribution is 5.41. The maximum Gasteiger partial charge on any atom is 0.123 e.